The van der Waals surface area contributed by atoms with Crippen LogP contribution >= 0.6 is 24.0 Å². The second-order valence-corrected chi connectivity index (χ2v) is 6.10. The summed E-state index contributed by atoms with van der Waals surface area (Å²) in [4.78, 5) is 18.6. The SMILES string of the molecule is CN=C(NCC(=O)N1CCc2ccccc2C1)NCc1ccccc1.I. The minimum atomic E-state index is 0. The monoisotopic (exact) mass is 464 g/mol. The molecule has 1 amide bonds. The molecule has 0 unspecified atom stereocenters. The Hall–Kier alpha value is -2.09. The van der Waals surface area contributed by atoms with Crippen LogP contribution in [0.1, 0.15) is 16.7 Å². The molecule has 0 atom stereocenters. The Labute approximate surface area is 171 Å². The number of halogens is 1. The predicted molar refractivity (Wildman–Crippen MR) is 116 cm³/mol. The van der Waals surface area contributed by atoms with Gasteiger partial charge in [0.15, 0.2) is 5.96 Å². The molecule has 2 aromatic carbocycles. The molecule has 2 aromatic rings. The Balaban J connectivity index is 0.00000243. The summed E-state index contributed by atoms with van der Waals surface area (Å²) in [5.41, 5.74) is 3.76. The summed E-state index contributed by atoms with van der Waals surface area (Å²) in [5.74, 6) is 0.728. The third kappa shape index (κ3) is 5.45. The van der Waals surface area contributed by atoms with E-state index < -0.39 is 0 Å². The number of amides is 1. The number of hydrogen-bond acceptors (Lipinski definition) is 2. The van der Waals surface area contributed by atoms with Gasteiger partial charge in [0.25, 0.3) is 0 Å². The van der Waals surface area contributed by atoms with Gasteiger partial charge in [-0.1, -0.05) is 54.6 Å². The fourth-order valence-electron chi connectivity index (χ4n) is 2.98. The average Bonchev–Trinajstić information content (AvgIpc) is 2.68. The summed E-state index contributed by atoms with van der Waals surface area (Å²) >= 11 is 0. The highest BCUT2D eigenvalue weighted by molar-refractivity contribution is 14.0. The lowest BCUT2D eigenvalue weighted by molar-refractivity contribution is -0.130. The van der Waals surface area contributed by atoms with Crippen LogP contribution in [-0.2, 0) is 24.3 Å². The molecule has 1 aliphatic heterocycles. The summed E-state index contributed by atoms with van der Waals surface area (Å²) in [6.07, 6.45) is 0.920. The van der Waals surface area contributed by atoms with Crippen molar-refractivity contribution in [1.82, 2.24) is 15.5 Å². The molecule has 0 spiro atoms. The molecule has 1 heterocycles. The van der Waals surface area contributed by atoms with Gasteiger partial charge in [-0.05, 0) is 23.1 Å². The fraction of sp³-hybridized carbons (Fsp3) is 0.300. The fourth-order valence-corrected chi connectivity index (χ4v) is 2.98. The molecule has 0 aromatic heterocycles. The topological polar surface area (TPSA) is 56.7 Å². The molecule has 138 valence electrons. The smallest absolute Gasteiger partial charge is 0.242 e. The van der Waals surface area contributed by atoms with Gasteiger partial charge in [0.2, 0.25) is 5.91 Å². The Morgan fingerprint density at radius 2 is 1.73 bits per heavy atom. The van der Waals surface area contributed by atoms with Gasteiger partial charge in [-0.25, -0.2) is 0 Å². The van der Waals surface area contributed by atoms with Gasteiger partial charge in [-0.3, -0.25) is 9.79 Å². The second kappa shape index (κ2) is 10.2. The Morgan fingerprint density at radius 1 is 1.04 bits per heavy atom. The van der Waals surface area contributed by atoms with Crippen molar-refractivity contribution in [2.24, 2.45) is 4.99 Å². The first-order valence-electron chi connectivity index (χ1n) is 8.59. The van der Waals surface area contributed by atoms with E-state index in [2.05, 4.69) is 46.0 Å². The lowest BCUT2D eigenvalue weighted by atomic mass is 10.00. The molecule has 3 rings (SSSR count). The third-order valence-corrected chi connectivity index (χ3v) is 4.42. The maximum absolute atomic E-state index is 12.5. The van der Waals surface area contributed by atoms with E-state index in [-0.39, 0.29) is 36.4 Å². The van der Waals surface area contributed by atoms with Crippen molar-refractivity contribution in [2.45, 2.75) is 19.5 Å². The van der Waals surface area contributed by atoms with Gasteiger partial charge in [0.05, 0.1) is 6.54 Å². The number of nitrogens with one attached hydrogen (secondary N) is 2. The van der Waals surface area contributed by atoms with Crippen LogP contribution in [0.3, 0.4) is 0 Å². The van der Waals surface area contributed by atoms with Crippen LogP contribution in [0.4, 0.5) is 0 Å². The third-order valence-electron chi connectivity index (χ3n) is 4.42. The van der Waals surface area contributed by atoms with Crippen molar-refractivity contribution in [3.8, 4) is 0 Å². The zero-order chi connectivity index (χ0) is 17.5. The van der Waals surface area contributed by atoms with Crippen LogP contribution < -0.4 is 10.6 Å². The predicted octanol–water partition coefficient (Wildman–Crippen LogP) is 2.55. The number of hydrogen-bond donors (Lipinski definition) is 2. The molecule has 26 heavy (non-hydrogen) atoms. The largest absolute Gasteiger partial charge is 0.352 e. The number of carbonyl (C=O) groups excluding carboxylic acids is 1. The van der Waals surface area contributed by atoms with Gasteiger partial charge >= 0.3 is 0 Å². The van der Waals surface area contributed by atoms with Crippen LogP contribution in [0.15, 0.2) is 59.6 Å². The summed E-state index contributed by atoms with van der Waals surface area (Å²) in [6.45, 7) is 2.38. The van der Waals surface area contributed by atoms with Crippen LogP contribution in [0, 0.1) is 0 Å². The maximum atomic E-state index is 12.5. The van der Waals surface area contributed by atoms with E-state index in [0.29, 0.717) is 19.0 Å². The molecule has 0 aliphatic carbocycles. The Bertz CT molecular complexity index is 748. The molecule has 1 aliphatic rings. The zero-order valence-electron chi connectivity index (χ0n) is 14.9. The van der Waals surface area contributed by atoms with Gasteiger partial charge in [-0.15, -0.1) is 24.0 Å². The number of carbonyl (C=O) groups is 1. The van der Waals surface area contributed by atoms with Gasteiger partial charge in [0.1, 0.15) is 0 Å². The highest BCUT2D eigenvalue weighted by atomic mass is 127. The van der Waals surface area contributed by atoms with E-state index >= 15 is 0 Å². The molecule has 6 heteroatoms. The first-order chi connectivity index (χ1) is 12.3. The van der Waals surface area contributed by atoms with Gasteiger partial charge in [0, 0.05) is 26.7 Å². The van der Waals surface area contributed by atoms with Crippen molar-refractivity contribution in [3.05, 3.63) is 71.3 Å². The molecular weight excluding hydrogens is 439 g/mol. The molecule has 5 nitrogen and oxygen atoms in total. The molecule has 0 radical (unpaired) electrons. The number of aliphatic imine (C=N–C) groups is 1. The Kier molecular flexibility index (Phi) is 7.90. The lowest BCUT2D eigenvalue weighted by Crippen LogP contribution is -2.45. The number of nitrogens with zero attached hydrogens (tertiary/aromatic N) is 2. The van der Waals surface area contributed by atoms with Crippen LogP contribution in [-0.4, -0.2) is 36.9 Å². The highest BCUT2D eigenvalue weighted by Gasteiger charge is 2.20. The minimum Gasteiger partial charge on any atom is -0.352 e. The molecule has 2 N–H and O–H groups in total. The lowest BCUT2D eigenvalue weighted by Gasteiger charge is -2.29. The highest BCUT2D eigenvalue weighted by Crippen LogP contribution is 2.18. The molecular formula is C20H25IN4O. The van der Waals surface area contributed by atoms with E-state index in [0.717, 1.165) is 13.0 Å². The van der Waals surface area contributed by atoms with Crippen molar-refractivity contribution < 1.29 is 4.79 Å². The van der Waals surface area contributed by atoms with Crippen molar-refractivity contribution in [3.63, 3.8) is 0 Å². The molecule has 0 saturated carbocycles. The van der Waals surface area contributed by atoms with Crippen molar-refractivity contribution >= 4 is 35.8 Å². The zero-order valence-corrected chi connectivity index (χ0v) is 17.3. The van der Waals surface area contributed by atoms with Gasteiger partial charge < -0.3 is 15.5 Å². The quantitative estimate of drug-likeness (QED) is 0.416. The van der Waals surface area contributed by atoms with E-state index in [9.17, 15) is 4.79 Å². The standard InChI is InChI=1S/C20H24N4O.HI/c1-21-20(22-13-16-7-3-2-4-8-16)23-14-19(25)24-12-11-17-9-5-6-10-18(17)15-24;/h2-10H,11-15H2,1H3,(H2,21,22,23);1H. The van der Waals surface area contributed by atoms with Gasteiger partial charge in [-0.2, -0.15) is 0 Å². The van der Waals surface area contributed by atoms with Crippen LogP contribution in [0.2, 0.25) is 0 Å². The minimum absolute atomic E-state index is 0. The summed E-state index contributed by atoms with van der Waals surface area (Å²) in [5, 5.41) is 6.34. The molecule has 0 fully saturated rings. The molecule has 0 saturated heterocycles. The second-order valence-electron chi connectivity index (χ2n) is 6.10. The summed E-state index contributed by atoms with van der Waals surface area (Å²) < 4.78 is 0. The van der Waals surface area contributed by atoms with E-state index in [1.165, 1.54) is 16.7 Å². The van der Waals surface area contributed by atoms with E-state index in [4.69, 9.17) is 0 Å². The number of guanidine groups is 1. The average molecular weight is 464 g/mol. The first-order valence-corrected chi connectivity index (χ1v) is 8.59. The first kappa shape index (κ1) is 20.2. The normalized spacial score (nSPS) is 13.4. The van der Waals surface area contributed by atoms with Crippen molar-refractivity contribution in [1.29, 1.82) is 0 Å². The van der Waals surface area contributed by atoms with Crippen LogP contribution in [0.25, 0.3) is 0 Å². The van der Waals surface area contributed by atoms with E-state index in [1.807, 2.05) is 29.2 Å². The van der Waals surface area contributed by atoms with Crippen molar-refractivity contribution in [2.75, 3.05) is 20.1 Å². The molecule has 0 bridgehead atoms. The van der Waals surface area contributed by atoms with E-state index in [1.54, 1.807) is 7.05 Å². The summed E-state index contributed by atoms with van der Waals surface area (Å²) in [7, 11) is 1.71. The summed E-state index contributed by atoms with van der Waals surface area (Å²) in [6, 6.07) is 18.4. The number of rotatable bonds is 4. The number of benzene rings is 2. The van der Waals surface area contributed by atoms with Crippen LogP contribution in [0.5, 0.6) is 0 Å². The maximum Gasteiger partial charge on any atom is 0.242 e. The Morgan fingerprint density at radius 3 is 2.46 bits per heavy atom. The number of fused-ring (bicyclic) bond motifs is 1.